The van der Waals surface area contributed by atoms with E-state index >= 15 is 0 Å². The number of benzene rings is 4. The van der Waals surface area contributed by atoms with Crippen molar-refractivity contribution in [2.24, 2.45) is 0 Å². The van der Waals surface area contributed by atoms with Crippen LogP contribution in [0.1, 0.15) is 30.1 Å². The molecule has 0 atom stereocenters. The third kappa shape index (κ3) is 6.21. The molecular weight excluding hydrogens is 434 g/mol. The highest BCUT2D eigenvalue weighted by atomic mass is 16.5. The molecule has 0 aliphatic carbocycles. The SMILES string of the molecule is CCCCN(c1ccccc1)c1ccc(Nc2ccc(Nc3ccccc3C(=O)OC)cc2)cc1. The molecule has 178 valence electrons. The molecule has 5 heteroatoms. The molecule has 4 aromatic rings. The number of carbonyl (C=O) groups excluding carboxylic acids is 1. The monoisotopic (exact) mass is 465 g/mol. The minimum atomic E-state index is -0.365. The second kappa shape index (κ2) is 11.7. The van der Waals surface area contributed by atoms with Gasteiger partial charge in [-0.1, -0.05) is 43.7 Å². The summed E-state index contributed by atoms with van der Waals surface area (Å²) in [6.45, 7) is 3.20. The lowest BCUT2D eigenvalue weighted by atomic mass is 10.1. The van der Waals surface area contributed by atoms with Gasteiger partial charge in [-0.05, 0) is 79.2 Å². The first-order valence-electron chi connectivity index (χ1n) is 11.9. The van der Waals surface area contributed by atoms with Crippen LogP contribution in [0.3, 0.4) is 0 Å². The summed E-state index contributed by atoms with van der Waals surface area (Å²) in [7, 11) is 1.39. The van der Waals surface area contributed by atoms with Crippen molar-refractivity contribution < 1.29 is 9.53 Å². The number of esters is 1. The number of carbonyl (C=O) groups is 1. The van der Waals surface area contributed by atoms with Crippen LogP contribution in [-0.4, -0.2) is 19.6 Å². The maximum atomic E-state index is 12.0. The zero-order valence-corrected chi connectivity index (χ0v) is 20.2. The molecule has 0 heterocycles. The number of hydrogen-bond acceptors (Lipinski definition) is 5. The number of unbranched alkanes of at least 4 members (excludes halogenated alkanes) is 1. The number of hydrogen-bond donors (Lipinski definition) is 2. The smallest absolute Gasteiger partial charge is 0.339 e. The van der Waals surface area contributed by atoms with E-state index in [2.05, 4.69) is 71.0 Å². The van der Waals surface area contributed by atoms with Crippen molar-refractivity contribution in [2.75, 3.05) is 29.2 Å². The largest absolute Gasteiger partial charge is 0.465 e. The average molecular weight is 466 g/mol. The van der Waals surface area contributed by atoms with Crippen LogP contribution in [0.2, 0.25) is 0 Å². The van der Waals surface area contributed by atoms with Gasteiger partial charge in [-0.3, -0.25) is 0 Å². The first-order valence-corrected chi connectivity index (χ1v) is 11.9. The molecule has 4 aromatic carbocycles. The van der Waals surface area contributed by atoms with Gasteiger partial charge in [-0.2, -0.15) is 0 Å². The first kappa shape index (κ1) is 23.9. The van der Waals surface area contributed by atoms with Gasteiger partial charge in [-0.15, -0.1) is 0 Å². The highest BCUT2D eigenvalue weighted by Crippen LogP contribution is 2.29. The fraction of sp³-hybridized carbons (Fsp3) is 0.167. The Morgan fingerprint density at radius 2 is 1.26 bits per heavy atom. The standard InChI is InChI=1S/C30H31N3O2/c1-3-4-22-33(26-10-6-5-7-11-26)27-20-18-24(19-21-27)31-23-14-16-25(17-15-23)32-29-13-9-8-12-28(29)30(34)35-2/h5-21,31-32H,3-4,22H2,1-2H3. The number of nitrogens with zero attached hydrogens (tertiary/aromatic N) is 1. The Bertz CT molecular complexity index is 1220. The third-order valence-corrected chi connectivity index (χ3v) is 5.77. The molecule has 5 nitrogen and oxygen atoms in total. The Balaban J connectivity index is 1.43. The van der Waals surface area contributed by atoms with Gasteiger partial charge in [0, 0.05) is 35.0 Å². The van der Waals surface area contributed by atoms with E-state index < -0.39 is 0 Å². The second-order valence-corrected chi connectivity index (χ2v) is 8.25. The summed E-state index contributed by atoms with van der Waals surface area (Å²) < 4.78 is 4.88. The van der Waals surface area contributed by atoms with Crippen molar-refractivity contribution in [1.82, 2.24) is 0 Å². The zero-order chi connectivity index (χ0) is 24.5. The summed E-state index contributed by atoms with van der Waals surface area (Å²) >= 11 is 0. The Hall–Kier alpha value is -4.25. The fourth-order valence-electron chi connectivity index (χ4n) is 3.90. The molecule has 0 radical (unpaired) electrons. The normalized spacial score (nSPS) is 10.5. The fourth-order valence-corrected chi connectivity index (χ4v) is 3.90. The van der Waals surface area contributed by atoms with Crippen LogP contribution in [0.5, 0.6) is 0 Å². The first-order chi connectivity index (χ1) is 17.2. The Morgan fingerprint density at radius 3 is 1.89 bits per heavy atom. The maximum Gasteiger partial charge on any atom is 0.339 e. The van der Waals surface area contributed by atoms with Crippen molar-refractivity contribution >= 4 is 40.1 Å². The van der Waals surface area contributed by atoms with E-state index in [0.29, 0.717) is 11.3 Å². The number of anilines is 6. The van der Waals surface area contributed by atoms with E-state index in [1.165, 1.54) is 18.5 Å². The predicted octanol–water partition coefficient (Wildman–Crippen LogP) is 7.90. The van der Waals surface area contributed by atoms with Gasteiger partial charge in [-0.25, -0.2) is 4.79 Å². The van der Waals surface area contributed by atoms with E-state index in [0.717, 1.165) is 36.4 Å². The molecule has 0 aliphatic rings. The molecule has 0 saturated carbocycles. The van der Waals surface area contributed by atoms with E-state index in [9.17, 15) is 4.79 Å². The minimum absolute atomic E-state index is 0.365. The minimum Gasteiger partial charge on any atom is -0.465 e. The Kier molecular flexibility index (Phi) is 8.02. The van der Waals surface area contributed by atoms with E-state index in [1.54, 1.807) is 6.07 Å². The van der Waals surface area contributed by atoms with Crippen LogP contribution in [0.15, 0.2) is 103 Å². The van der Waals surface area contributed by atoms with Crippen LogP contribution in [0.25, 0.3) is 0 Å². The lowest BCUT2D eigenvalue weighted by Gasteiger charge is -2.25. The quantitative estimate of drug-likeness (QED) is 0.233. The van der Waals surface area contributed by atoms with Gasteiger partial charge in [0.25, 0.3) is 0 Å². The van der Waals surface area contributed by atoms with Gasteiger partial charge >= 0.3 is 5.97 Å². The molecule has 0 unspecified atom stereocenters. The van der Waals surface area contributed by atoms with Crippen LogP contribution in [0, 0.1) is 0 Å². The van der Waals surface area contributed by atoms with Gasteiger partial charge in [0.2, 0.25) is 0 Å². The molecule has 0 bridgehead atoms. The summed E-state index contributed by atoms with van der Waals surface area (Å²) in [4.78, 5) is 14.4. The van der Waals surface area contributed by atoms with Crippen molar-refractivity contribution in [3.63, 3.8) is 0 Å². The molecular formula is C30H31N3O2. The molecule has 0 amide bonds. The van der Waals surface area contributed by atoms with E-state index in [-0.39, 0.29) is 5.97 Å². The Morgan fingerprint density at radius 1 is 0.714 bits per heavy atom. The predicted molar refractivity (Wildman–Crippen MR) is 146 cm³/mol. The number of methoxy groups -OCH3 is 1. The van der Waals surface area contributed by atoms with Crippen molar-refractivity contribution in [1.29, 1.82) is 0 Å². The van der Waals surface area contributed by atoms with E-state index in [4.69, 9.17) is 4.74 Å². The number of nitrogens with one attached hydrogen (secondary N) is 2. The molecule has 4 rings (SSSR count). The average Bonchev–Trinajstić information content (AvgIpc) is 2.91. The van der Waals surface area contributed by atoms with Crippen molar-refractivity contribution in [3.8, 4) is 0 Å². The van der Waals surface area contributed by atoms with Gasteiger partial charge < -0.3 is 20.3 Å². The van der Waals surface area contributed by atoms with Crippen LogP contribution in [-0.2, 0) is 4.74 Å². The number of para-hydroxylation sites is 2. The summed E-state index contributed by atoms with van der Waals surface area (Å²) in [5.41, 5.74) is 6.49. The highest BCUT2D eigenvalue weighted by Gasteiger charge is 2.11. The zero-order valence-electron chi connectivity index (χ0n) is 20.2. The van der Waals surface area contributed by atoms with Crippen LogP contribution < -0.4 is 15.5 Å². The number of rotatable bonds is 10. The third-order valence-electron chi connectivity index (χ3n) is 5.77. The molecule has 35 heavy (non-hydrogen) atoms. The molecule has 0 saturated heterocycles. The van der Waals surface area contributed by atoms with Crippen LogP contribution >= 0.6 is 0 Å². The summed E-state index contributed by atoms with van der Waals surface area (Å²) in [6.07, 6.45) is 2.29. The molecule has 2 N–H and O–H groups in total. The summed E-state index contributed by atoms with van der Waals surface area (Å²) in [5.74, 6) is -0.365. The Labute approximate surface area is 207 Å². The second-order valence-electron chi connectivity index (χ2n) is 8.25. The lowest BCUT2D eigenvalue weighted by molar-refractivity contribution is 0.0602. The summed E-state index contributed by atoms with van der Waals surface area (Å²) in [6, 6.07) is 34.3. The lowest BCUT2D eigenvalue weighted by Crippen LogP contribution is -2.18. The maximum absolute atomic E-state index is 12.0. The van der Waals surface area contributed by atoms with Crippen LogP contribution in [0.4, 0.5) is 34.1 Å². The van der Waals surface area contributed by atoms with Gasteiger partial charge in [0.1, 0.15) is 0 Å². The number of ether oxygens (including phenoxy) is 1. The topological polar surface area (TPSA) is 53.6 Å². The van der Waals surface area contributed by atoms with Gasteiger partial charge in [0.15, 0.2) is 0 Å². The molecule has 0 aromatic heterocycles. The molecule has 0 fully saturated rings. The summed E-state index contributed by atoms with van der Waals surface area (Å²) in [5, 5.41) is 6.76. The molecule has 0 spiro atoms. The highest BCUT2D eigenvalue weighted by molar-refractivity contribution is 5.96. The van der Waals surface area contributed by atoms with Gasteiger partial charge in [0.05, 0.1) is 18.4 Å². The van der Waals surface area contributed by atoms with Crippen molar-refractivity contribution in [3.05, 3.63) is 109 Å². The van der Waals surface area contributed by atoms with E-state index in [1.807, 2.05) is 48.5 Å². The van der Waals surface area contributed by atoms with Crippen molar-refractivity contribution in [2.45, 2.75) is 19.8 Å². The molecule has 0 aliphatic heterocycles.